The molecule has 18 heavy (non-hydrogen) atoms. The Hall–Kier alpha value is -0.390. The number of halogens is 1. The first-order valence-electron chi connectivity index (χ1n) is 6.20. The third-order valence-electron chi connectivity index (χ3n) is 3.09. The van der Waals surface area contributed by atoms with E-state index in [4.69, 9.17) is 11.6 Å². The molecule has 104 valence electrons. The molecule has 6 heteroatoms. The van der Waals surface area contributed by atoms with Gasteiger partial charge in [-0.05, 0) is 19.4 Å². The molecule has 0 saturated carbocycles. The smallest absolute Gasteiger partial charge is 0.0863 e. The summed E-state index contributed by atoms with van der Waals surface area (Å²) in [6, 6.07) is 0. The lowest BCUT2D eigenvalue weighted by atomic mass is 10.3. The van der Waals surface area contributed by atoms with E-state index in [9.17, 15) is 4.21 Å². The number of aromatic nitrogens is 2. The Kier molecular flexibility index (Phi) is 6.32. The van der Waals surface area contributed by atoms with E-state index in [1.54, 1.807) is 6.26 Å². The Bertz CT molecular complexity index is 420. The summed E-state index contributed by atoms with van der Waals surface area (Å²) < 4.78 is 13.0. The van der Waals surface area contributed by atoms with Crippen molar-refractivity contribution < 1.29 is 4.21 Å². The van der Waals surface area contributed by atoms with Crippen LogP contribution in [0.4, 0.5) is 0 Å². The highest BCUT2D eigenvalue weighted by Gasteiger charge is 2.12. The summed E-state index contributed by atoms with van der Waals surface area (Å²) in [7, 11) is 1.16. The van der Waals surface area contributed by atoms with Crippen LogP contribution in [-0.4, -0.2) is 32.0 Å². The molecule has 1 N–H and O–H groups in total. The van der Waals surface area contributed by atoms with Gasteiger partial charge >= 0.3 is 0 Å². The number of nitrogens with zero attached hydrogens (tertiary/aromatic N) is 2. The van der Waals surface area contributed by atoms with Crippen molar-refractivity contribution in [1.29, 1.82) is 0 Å². The van der Waals surface area contributed by atoms with Crippen LogP contribution in [0.2, 0.25) is 5.02 Å². The Morgan fingerprint density at radius 1 is 1.56 bits per heavy atom. The lowest BCUT2D eigenvalue weighted by Gasteiger charge is -2.09. The fraction of sp³-hybridized carbons (Fsp3) is 0.750. The van der Waals surface area contributed by atoms with Crippen LogP contribution in [0.25, 0.3) is 0 Å². The molecule has 0 radical (unpaired) electrons. The third kappa shape index (κ3) is 4.07. The Morgan fingerprint density at radius 2 is 2.22 bits per heavy atom. The number of nitrogens with one attached hydrogen (secondary N) is 1. The first-order valence-corrected chi connectivity index (χ1v) is 8.20. The van der Waals surface area contributed by atoms with E-state index in [1.807, 2.05) is 25.6 Å². The third-order valence-corrected chi connectivity index (χ3v) is 4.89. The quantitative estimate of drug-likeness (QED) is 0.781. The van der Waals surface area contributed by atoms with Gasteiger partial charge < -0.3 is 5.32 Å². The van der Waals surface area contributed by atoms with Crippen LogP contribution in [-0.2, 0) is 30.8 Å². The maximum absolute atomic E-state index is 11.2. The van der Waals surface area contributed by atoms with Crippen molar-refractivity contribution in [2.75, 3.05) is 12.8 Å². The second kappa shape index (κ2) is 7.26. The molecule has 0 fully saturated rings. The molecule has 0 amide bonds. The summed E-state index contributed by atoms with van der Waals surface area (Å²) in [5.74, 6) is 0. The predicted octanol–water partition coefficient (Wildman–Crippen LogP) is 1.88. The molecule has 0 bridgehead atoms. The van der Waals surface area contributed by atoms with Gasteiger partial charge in [0, 0.05) is 35.9 Å². The summed E-state index contributed by atoms with van der Waals surface area (Å²) >= 11 is 6.25. The van der Waals surface area contributed by atoms with Gasteiger partial charge in [0.15, 0.2) is 0 Å². The van der Waals surface area contributed by atoms with E-state index in [2.05, 4.69) is 10.4 Å². The molecule has 1 aromatic heterocycles. The van der Waals surface area contributed by atoms with Gasteiger partial charge in [-0.25, -0.2) is 0 Å². The van der Waals surface area contributed by atoms with Crippen LogP contribution in [0.1, 0.15) is 31.7 Å². The van der Waals surface area contributed by atoms with Crippen molar-refractivity contribution in [3.63, 3.8) is 0 Å². The van der Waals surface area contributed by atoms with Crippen LogP contribution in [0.5, 0.6) is 0 Å². The molecule has 0 saturated heterocycles. The molecule has 0 aliphatic heterocycles. The molecule has 2 atom stereocenters. The largest absolute Gasteiger partial charge is 0.311 e. The van der Waals surface area contributed by atoms with E-state index in [0.29, 0.717) is 6.54 Å². The monoisotopic (exact) mass is 291 g/mol. The second-order valence-corrected chi connectivity index (χ2v) is 6.64. The Labute approximate surface area is 117 Å². The Balaban J connectivity index is 2.45. The first kappa shape index (κ1) is 15.7. The molecule has 0 aliphatic carbocycles. The zero-order valence-corrected chi connectivity index (χ0v) is 13.1. The molecule has 4 nitrogen and oxygen atoms in total. The zero-order chi connectivity index (χ0) is 13.7. The van der Waals surface area contributed by atoms with E-state index >= 15 is 0 Å². The molecule has 1 heterocycles. The highest BCUT2D eigenvalue weighted by molar-refractivity contribution is 7.84. The fourth-order valence-corrected chi connectivity index (χ4v) is 2.50. The van der Waals surface area contributed by atoms with Crippen molar-refractivity contribution >= 4 is 22.4 Å². The average molecular weight is 292 g/mol. The van der Waals surface area contributed by atoms with Crippen LogP contribution < -0.4 is 5.32 Å². The summed E-state index contributed by atoms with van der Waals surface area (Å²) in [6.07, 6.45) is 3.49. The summed E-state index contributed by atoms with van der Waals surface area (Å²) in [4.78, 5) is 0. The second-order valence-electron chi connectivity index (χ2n) is 4.46. The lowest BCUT2D eigenvalue weighted by Crippen LogP contribution is -2.22. The summed E-state index contributed by atoms with van der Waals surface area (Å²) in [5.41, 5.74) is 1.96. The van der Waals surface area contributed by atoms with Gasteiger partial charge in [0.1, 0.15) is 0 Å². The van der Waals surface area contributed by atoms with Gasteiger partial charge in [-0.15, -0.1) is 0 Å². The molecule has 0 aromatic carbocycles. The standard InChI is InChI=1S/C12H22ClN3OS/c1-5-10-12(13)11(16(3)15-10)8-14-7-6-9(2)18(4)17/h9,14H,5-8H2,1-4H3. The van der Waals surface area contributed by atoms with Gasteiger partial charge in [0.05, 0.1) is 16.4 Å². The maximum atomic E-state index is 11.2. The normalized spacial score (nSPS) is 14.7. The highest BCUT2D eigenvalue weighted by atomic mass is 35.5. The van der Waals surface area contributed by atoms with E-state index < -0.39 is 10.8 Å². The summed E-state index contributed by atoms with van der Waals surface area (Å²) in [6.45, 7) is 5.59. The van der Waals surface area contributed by atoms with Crippen LogP contribution in [0.15, 0.2) is 0 Å². The van der Waals surface area contributed by atoms with E-state index in [0.717, 1.165) is 35.8 Å². The zero-order valence-electron chi connectivity index (χ0n) is 11.5. The topological polar surface area (TPSA) is 46.9 Å². The van der Waals surface area contributed by atoms with Crippen LogP contribution in [0.3, 0.4) is 0 Å². The number of aryl methyl sites for hydroxylation is 2. The summed E-state index contributed by atoms with van der Waals surface area (Å²) in [5, 5.41) is 8.68. The number of hydrogen-bond donors (Lipinski definition) is 1. The Morgan fingerprint density at radius 3 is 2.72 bits per heavy atom. The lowest BCUT2D eigenvalue weighted by molar-refractivity contribution is 0.598. The molecule has 2 unspecified atom stereocenters. The average Bonchev–Trinajstić information content (AvgIpc) is 2.60. The molecule has 1 rings (SSSR count). The molecule has 0 aliphatic rings. The maximum Gasteiger partial charge on any atom is 0.0863 e. The van der Waals surface area contributed by atoms with Crippen molar-refractivity contribution in [2.45, 2.75) is 38.5 Å². The van der Waals surface area contributed by atoms with Crippen LogP contribution in [0, 0.1) is 0 Å². The van der Waals surface area contributed by atoms with Crippen molar-refractivity contribution in [1.82, 2.24) is 15.1 Å². The van der Waals surface area contributed by atoms with Crippen molar-refractivity contribution in [2.24, 2.45) is 7.05 Å². The minimum atomic E-state index is -0.748. The highest BCUT2D eigenvalue weighted by Crippen LogP contribution is 2.20. The van der Waals surface area contributed by atoms with Gasteiger partial charge in [0.2, 0.25) is 0 Å². The number of rotatable bonds is 7. The predicted molar refractivity (Wildman–Crippen MR) is 77.4 cm³/mol. The van der Waals surface area contributed by atoms with Gasteiger partial charge in [-0.3, -0.25) is 8.89 Å². The molecule has 0 spiro atoms. The molecular weight excluding hydrogens is 270 g/mol. The minimum Gasteiger partial charge on any atom is -0.311 e. The number of hydrogen-bond acceptors (Lipinski definition) is 3. The van der Waals surface area contributed by atoms with E-state index in [1.165, 1.54) is 0 Å². The molecular formula is C12H22ClN3OS. The van der Waals surface area contributed by atoms with Crippen LogP contribution >= 0.6 is 11.6 Å². The molecule has 1 aromatic rings. The van der Waals surface area contributed by atoms with Crippen molar-refractivity contribution in [3.05, 3.63) is 16.4 Å². The van der Waals surface area contributed by atoms with E-state index in [-0.39, 0.29) is 5.25 Å². The van der Waals surface area contributed by atoms with Gasteiger partial charge in [-0.2, -0.15) is 5.10 Å². The fourth-order valence-electron chi connectivity index (χ4n) is 1.69. The first-order chi connectivity index (χ1) is 8.47. The van der Waals surface area contributed by atoms with Gasteiger partial charge in [-0.1, -0.05) is 25.4 Å². The van der Waals surface area contributed by atoms with Gasteiger partial charge in [0.25, 0.3) is 0 Å². The SMILES string of the molecule is CCc1nn(C)c(CNCCC(C)S(C)=O)c1Cl. The van der Waals surface area contributed by atoms with Crippen molar-refractivity contribution in [3.8, 4) is 0 Å². The minimum absolute atomic E-state index is 0.228.